The average Bonchev–Trinajstić information content (AvgIpc) is 3.16. The van der Waals surface area contributed by atoms with E-state index in [0.29, 0.717) is 0 Å². The number of rotatable bonds is 7. The van der Waals surface area contributed by atoms with Crippen molar-refractivity contribution in [3.05, 3.63) is 24.0 Å². The van der Waals surface area contributed by atoms with Crippen LogP contribution in [0.3, 0.4) is 0 Å². The van der Waals surface area contributed by atoms with E-state index in [-0.39, 0.29) is 5.57 Å². The molecular weight excluding hydrogens is 492 g/mol. The summed E-state index contributed by atoms with van der Waals surface area (Å²) in [5, 5.41) is 101. The lowest BCUT2D eigenvalue weighted by atomic mass is 9.82. The van der Waals surface area contributed by atoms with E-state index in [1.54, 1.807) is 0 Å². The van der Waals surface area contributed by atoms with Crippen LogP contribution in [0.15, 0.2) is 24.0 Å². The molecule has 2 saturated heterocycles. The van der Waals surface area contributed by atoms with Gasteiger partial charge in [-0.3, -0.25) is 0 Å². The lowest BCUT2D eigenvalue weighted by Crippen LogP contribution is -2.64. The van der Waals surface area contributed by atoms with Gasteiger partial charge in [0.1, 0.15) is 60.5 Å². The molecule has 4 aliphatic rings. The summed E-state index contributed by atoms with van der Waals surface area (Å²) in [5.74, 6) is -1.16. The fourth-order valence-corrected chi connectivity index (χ4v) is 4.92. The van der Waals surface area contributed by atoms with Crippen LogP contribution >= 0.6 is 0 Å². The first-order chi connectivity index (χ1) is 17.1. The Kier molecular flexibility index (Phi) is 8.35. The molecule has 3 aliphatic heterocycles. The van der Waals surface area contributed by atoms with Crippen LogP contribution in [0, 0.1) is 5.92 Å². The first kappa shape index (κ1) is 27.7. The second-order valence-electron chi connectivity index (χ2n) is 9.13. The summed E-state index contributed by atoms with van der Waals surface area (Å²) in [6.45, 7) is -2.02. The molecule has 14 atom stereocenters. The highest BCUT2D eigenvalue weighted by molar-refractivity contribution is 5.34. The highest BCUT2D eigenvalue weighted by Gasteiger charge is 2.60. The Morgan fingerprint density at radius 2 is 1.28 bits per heavy atom. The second kappa shape index (κ2) is 10.8. The SMILES string of the molecule is OCC1=C[C@@H](O)[C@]2(O[C@H]3O[C@@H](CO)[C@H](O)[C@@H](O)[C@@H]3O)C=CO[C@@H](O[C@@H]3O[C@H](CO)[C@@H](O)[C@H](O)[C@H]3O)[C@H]12. The number of hydrogen-bond acceptors (Lipinski definition) is 15. The third-order valence-electron chi connectivity index (χ3n) is 7.00. The van der Waals surface area contributed by atoms with Crippen molar-refractivity contribution in [1.29, 1.82) is 0 Å². The zero-order valence-corrected chi connectivity index (χ0v) is 18.9. The smallest absolute Gasteiger partial charge is 0.211 e. The Morgan fingerprint density at radius 1 is 0.722 bits per heavy atom. The van der Waals surface area contributed by atoms with E-state index in [1.165, 1.54) is 12.2 Å². The van der Waals surface area contributed by atoms with Gasteiger partial charge in [-0.15, -0.1) is 0 Å². The molecule has 10 N–H and O–H groups in total. The normalized spacial score (nSPS) is 50.9. The maximum atomic E-state index is 10.9. The molecule has 0 aromatic heterocycles. The van der Waals surface area contributed by atoms with E-state index in [4.69, 9.17) is 23.7 Å². The molecule has 0 aromatic carbocycles. The van der Waals surface area contributed by atoms with Crippen LogP contribution in [-0.4, -0.2) is 150 Å². The van der Waals surface area contributed by atoms with Crippen molar-refractivity contribution in [2.24, 2.45) is 5.92 Å². The molecule has 206 valence electrons. The Balaban J connectivity index is 1.60. The molecule has 0 amide bonds. The fraction of sp³-hybridized carbons (Fsp3) is 0.810. The van der Waals surface area contributed by atoms with E-state index in [0.717, 1.165) is 6.26 Å². The van der Waals surface area contributed by atoms with Gasteiger partial charge < -0.3 is 74.7 Å². The minimum absolute atomic E-state index is 0.158. The molecule has 36 heavy (non-hydrogen) atoms. The van der Waals surface area contributed by atoms with Crippen molar-refractivity contribution in [2.45, 2.75) is 79.4 Å². The Morgan fingerprint density at radius 3 is 1.83 bits per heavy atom. The maximum Gasteiger partial charge on any atom is 0.211 e. The Bertz CT molecular complexity index is 819. The monoisotopic (exact) mass is 524 g/mol. The van der Waals surface area contributed by atoms with Crippen LogP contribution in [0.2, 0.25) is 0 Å². The van der Waals surface area contributed by atoms with Gasteiger partial charge in [-0.1, -0.05) is 6.08 Å². The minimum Gasteiger partial charge on any atom is -0.472 e. The number of fused-ring (bicyclic) bond motifs is 1. The van der Waals surface area contributed by atoms with Crippen LogP contribution in [0.4, 0.5) is 0 Å². The van der Waals surface area contributed by atoms with Crippen LogP contribution < -0.4 is 0 Å². The lowest BCUT2D eigenvalue weighted by molar-refractivity contribution is -0.362. The largest absolute Gasteiger partial charge is 0.472 e. The molecule has 2 fully saturated rings. The van der Waals surface area contributed by atoms with Crippen molar-refractivity contribution >= 4 is 0 Å². The van der Waals surface area contributed by atoms with Crippen LogP contribution in [0.5, 0.6) is 0 Å². The number of ether oxygens (including phenoxy) is 5. The summed E-state index contributed by atoms with van der Waals surface area (Å²) in [5.41, 5.74) is -1.67. The summed E-state index contributed by atoms with van der Waals surface area (Å²) >= 11 is 0. The molecular formula is C21H32O15. The third kappa shape index (κ3) is 4.59. The summed E-state index contributed by atoms with van der Waals surface area (Å²) < 4.78 is 27.9. The molecule has 0 unspecified atom stereocenters. The van der Waals surface area contributed by atoms with E-state index < -0.39 is 105 Å². The summed E-state index contributed by atoms with van der Waals surface area (Å²) in [6.07, 6.45) is -15.6. The first-order valence-electron chi connectivity index (χ1n) is 11.4. The molecule has 0 aromatic rings. The molecule has 0 bridgehead atoms. The summed E-state index contributed by atoms with van der Waals surface area (Å²) in [6, 6.07) is 0. The molecule has 0 radical (unpaired) electrons. The number of hydrogen-bond donors (Lipinski definition) is 10. The van der Waals surface area contributed by atoms with Crippen molar-refractivity contribution in [1.82, 2.24) is 0 Å². The zero-order valence-electron chi connectivity index (χ0n) is 18.9. The summed E-state index contributed by atoms with van der Waals surface area (Å²) in [4.78, 5) is 0. The van der Waals surface area contributed by atoms with Crippen LogP contribution in [0.25, 0.3) is 0 Å². The molecule has 15 nitrogen and oxygen atoms in total. The van der Waals surface area contributed by atoms with Crippen LogP contribution in [0.1, 0.15) is 0 Å². The minimum atomic E-state index is -1.83. The molecule has 1 aliphatic carbocycles. The van der Waals surface area contributed by atoms with E-state index in [1.807, 2.05) is 0 Å². The van der Waals surface area contributed by atoms with Crippen molar-refractivity contribution in [2.75, 3.05) is 19.8 Å². The first-order valence-corrected chi connectivity index (χ1v) is 11.4. The standard InChI is InChI=1S/C21H32O15/c22-4-7-3-10(25)21(36-20-17(31)15(29)13(27)9(6-24)34-20)1-2-32-18(11(7)21)35-19-16(30)14(28)12(26)8(5-23)33-19/h1-3,8-20,22-31H,4-6H2/t8-,9+,10-,11+,12-,13+,14+,15-,16-,17+,18+,19+,20-,21-/m1/s1. The topological polar surface area (TPSA) is 248 Å². The number of aliphatic hydroxyl groups is 10. The predicted molar refractivity (Wildman–Crippen MR) is 111 cm³/mol. The molecule has 3 heterocycles. The molecule has 15 heteroatoms. The highest BCUT2D eigenvalue weighted by Crippen LogP contribution is 2.47. The quantitative estimate of drug-likeness (QED) is 0.139. The summed E-state index contributed by atoms with van der Waals surface area (Å²) in [7, 11) is 0. The Labute approximate surface area is 204 Å². The van der Waals surface area contributed by atoms with Gasteiger partial charge in [0.05, 0.1) is 32.0 Å². The molecule has 0 saturated carbocycles. The molecule has 4 rings (SSSR count). The van der Waals surface area contributed by atoms with Gasteiger partial charge in [0.2, 0.25) is 6.29 Å². The van der Waals surface area contributed by atoms with E-state index >= 15 is 0 Å². The maximum absolute atomic E-state index is 10.9. The Hall–Kier alpha value is -1.28. The predicted octanol–water partition coefficient (Wildman–Crippen LogP) is -5.86. The average molecular weight is 524 g/mol. The second-order valence-corrected chi connectivity index (χ2v) is 9.13. The van der Waals surface area contributed by atoms with Gasteiger partial charge in [0, 0.05) is 0 Å². The van der Waals surface area contributed by atoms with Gasteiger partial charge >= 0.3 is 0 Å². The highest BCUT2D eigenvalue weighted by atomic mass is 16.8. The van der Waals surface area contributed by atoms with E-state index in [2.05, 4.69) is 0 Å². The van der Waals surface area contributed by atoms with Crippen molar-refractivity contribution in [3.8, 4) is 0 Å². The lowest BCUT2D eigenvalue weighted by Gasteiger charge is -2.48. The fourth-order valence-electron chi connectivity index (χ4n) is 4.92. The van der Waals surface area contributed by atoms with Gasteiger partial charge in [0.25, 0.3) is 0 Å². The van der Waals surface area contributed by atoms with Crippen LogP contribution in [-0.2, 0) is 23.7 Å². The van der Waals surface area contributed by atoms with E-state index in [9.17, 15) is 51.1 Å². The van der Waals surface area contributed by atoms with Gasteiger partial charge in [-0.2, -0.15) is 0 Å². The van der Waals surface area contributed by atoms with Gasteiger partial charge in [0.15, 0.2) is 12.6 Å². The zero-order chi connectivity index (χ0) is 26.4. The van der Waals surface area contributed by atoms with Gasteiger partial charge in [-0.25, -0.2) is 0 Å². The van der Waals surface area contributed by atoms with Crippen molar-refractivity contribution in [3.63, 3.8) is 0 Å². The number of aliphatic hydroxyl groups excluding tert-OH is 10. The van der Waals surface area contributed by atoms with Crippen molar-refractivity contribution < 1.29 is 74.7 Å². The third-order valence-corrected chi connectivity index (χ3v) is 7.00. The van der Waals surface area contributed by atoms with Gasteiger partial charge in [-0.05, 0) is 11.6 Å². The molecule has 0 spiro atoms.